The normalized spacial score (nSPS) is 20.8. The molecule has 2 aromatic carbocycles. The highest BCUT2D eigenvalue weighted by Gasteiger charge is 2.49. The van der Waals surface area contributed by atoms with Gasteiger partial charge in [-0.15, -0.1) is 0 Å². The second-order valence-corrected chi connectivity index (χ2v) is 7.29. The molecule has 0 unspecified atom stereocenters. The largest absolute Gasteiger partial charge is 0.496 e. The molecule has 2 fully saturated rings. The first kappa shape index (κ1) is 17.6. The van der Waals surface area contributed by atoms with Gasteiger partial charge in [-0.05, 0) is 18.2 Å². The van der Waals surface area contributed by atoms with Crippen LogP contribution < -0.4 is 4.74 Å². The van der Waals surface area contributed by atoms with E-state index in [0.29, 0.717) is 31.0 Å². The molecule has 7 nitrogen and oxygen atoms in total. The Morgan fingerprint density at radius 1 is 1.14 bits per heavy atom. The third kappa shape index (κ3) is 2.99. The number of likely N-dealkylation sites (tertiary alicyclic amines) is 1. The molecule has 0 radical (unpaired) electrons. The van der Waals surface area contributed by atoms with Gasteiger partial charge in [0, 0.05) is 17.5 Å². The summed E-state index contributed by atoms with van der Waals surface area (Å²) in [4.78, 5) is 28.7. The van der Waals surface area contributed by atoms with E-state index < -0.39 is 0 Å². The monoisotopic (exact) mass is 392 g/mol. The second-order valence-electron chi connectivity index (χ2n) is 7.29. The first-order chi connectivity index (χ1) is 14.1. The number of nitrogens with zero attached hydrogens (tertiary/aromatic N) is 2. The fourth-order valence-electron chi connectivity index (χ4n) is 4.11. The highest BCUT2D eigenvalue weighted by Crippen LogP contribution is 2.31. The minimum absolute atomic E-state index is 0.191. The Bertz CT molecular complexity index is 1060. The van der Waals surface area contributed by atoms with Crippen molar-refractivity contribution in [1.82, 2.24) is 9.80 Å². The quantitative estimate of drug-likeness (QED) is 0.681. The van der Waals surface area contributed by atoms with E-state index in [9.17, 15) is 9.59 Å². The van der Waals surface area contributed by atoms with E-state index in [0.717, 1.165) is 16.7 Å². The van der Waals surface area contributed by atoms with Crippen LogP contribution in [0.3, 0.4) is 0 Å². The lowest BCUT2D eigenvalue weighted by atomic mass is 10.1. The number of fused-ring (bicyclic) bond motifs is 2. The van der Waals surface area contributed by atoms with Crippen LogP contribution >= 0.6 is 0 Å². The number of carbonyl (C=O) groups is 2. The van der Waals surface area contributed by atoms with Crippen LogP contribution in [-0.2, 0) is 11.3 Å². The van der Waals surface area contributed by atoms with Gasteiger partial charge < -0.3 is 18.8 Å². The smallest absolute Gasteiger partial charge is 0.410 e. The Morgan fingerprint density at radius 2 is 1.93 bits per heavy atom. The van der Waals surface area contributed by atoms with Crippen LogP contribution in [0.4, 0.5) is 4.79 Å². The van der Waals surface area contributed by atoms with Crippen molar-refractivity contribution in [2.75, 3.05) is 20.2 Å². The number of hydrogen-bond donors (Lipinski definition) is 0. The lowest BCUT2D eigenvalue weighted by Gasteiger charge is -2.23. The maximum absolute atomic E-state index is 12.9. The van der Waals surface area contributed by atoms with Gasteiger partial charge in [-0.1, -0.05) is 36.4 Å². The topological polar surface area (TPSA) is 72.2 Å². The van der Waals surface area contributed by atoms with Crippen molar-refractivity contribution in [3.8, 4) is 5.75 Å². The number of methoxy groups -OCH3 is 1. The van der Waals surface area contributed by atoms with Gasteiger partial charge in [0.05, 0.1) is 26.2 Å². The van der Waals surface area contributed by atoms with Crippen LogP contribution in [-0.4, -0.2) is 54.1 Å². The van der Waals surface area contributed by atoms with Gasteiger partial charge in [-0.3, -0.25) is 9.69 Å². The molecule has 3 aromatic rings. The summed E-state index contributed by atoms with van der Waals surface area (Å²) in [6.45, 7) is 1.13. The number of ether oxygens (including phenoxy) is 2. The molecule has 0 spiro atoms. The summed E-state index contributed by atoms with van der Waals surface area (Å²) in [7, 11) is 1.60. The number of benzene rings is 2. The lowest BCUT2D eigenvalue weighted by molar-refractivity contribution is 0.0699. The second kappa shape index (κ2) is 6.84. The van der Waals surface area contributed by atoms with E-state index in [1.807, 2.05) is 48.5 Å². The highest BCUT2D eigenvalue weighted by molar-refractivity contribution is 5.96. The Balaban J connectivity index is 1.34. The predicted octanol–water partition coefficient (Wildman–Crippen LogP) is 3.29. The minimum atomic E-state index is -0.359. The van der Waals surface area contributed by atoms with Crippen LogP contribution in [0.5, 0.6) is 5.75 Å². The molecule has 0 saturated carbocycles. The van der Waals surface area contributed by atoms with E-state index >= 15 is 0 Å². The number of rotatable bonds is 4. The van der Waals surface area contributed by atoms with E-state index in [1.54, 1.807) is 23.0 Å². The van der Waals surface area contributed by atoms with Gasteiger partial charge >= 0.3 is 6.09 Å². The number of furan rings is 1. The van der Waals surface area contributed by atoms with Crippen molar-refractivity contribution in [1.29, 1.82) is 0 Å². The van der Waals surface area contributed by atoms with Crippen molar-refractivity contribution in [2.45, 2.75) is 18.7 Å². The molecular weight excluding hydrogens is 372 g/mol. The van der Waals surface area contributed by atoms with E-state index in [1.165, 1.54) is 0 Å². The third-order valence-corrected chi connectivity index (χ3v) is 5.58. The van der Waals surface area contributed by atoms with Gasteiger partial charge in [0.25, 0.3) is 5.91 Å². The average molecular weight is 392 g/mol. The van der Waals surface area contributed by atoms with Crippen molar-refractivity contribution in [2.24, 2.45) is 0 Å². The molecule has 2 atom stereocenters. The molecule has 148 valence electrons. The van der Waals surface area contributed by atoms with Gasteiger partial charge in [0.1, 0.15) is 17.4 Å². The Labute approximate surface area is 167 Å². The zero-order valence-electron chi connectivity index (χ0n) is 15.9. The molecule has 0 bridgehead atoms. The summed E-state index contributed by atoms with van der Waals surface area (Å²) in [5.74, 6) is 0.828. The van der Waals surface area contributed by atoms with Gasteiger partial charge in [0.15, 0.2) is 5.76 Å². The summed E-state index contributed by atoms with van der Waals surface area (Å²) >= 11 is 0. The molecule has 2 aliphatic heterocycles. The Hall–Kier alpha value is -3.48. The summed E-state index contributed by atoms with van der Waals surface area (Å²) in [5, 5.41) is 0.888. The van der Waals surface area contributed by atoms with Crippen LogP contribution in [0.1, 0.15) is 16.1 Å². The molecule has 2 saturated heterocycles. The Morgan fingerprint density at radius 3 is 2.76 bits per heavy atom. The van der Waals surface area contributed by atoms with Crippen LogP contribution in [0.2, 0.25) is 0 Å². The van der Waals surface area contributed by atoms with E-state index in [4.69, 9.17) is 13.9 Å². The molecule has 7 heteroatoms. The maximum atomic E-state index is 12.9. The fraction of sp³-hybridized carbons (Fsp3) is 0.273. The van der Waals surface area contributed by atoms with Crippen molar-refractivity contribution in [3.05, 3.63) is 65.9 Å². The van der Waals surface area contributed by atoms with Gasteiger partial charge in [-0.25, -0.2) is 4.79 Å². The van der Waals surface area contributed by atoms with Crippen LogP contribution in [0, 0.1) is 0 Å². The summed E-state index contributed by atoms with van der Waals surface area (Å²) < 4.78 is 16.6. The first-order valence-electron chi connectivity index (χ1n) is 9.51. The van der Waals surface area contributed by atoms with Crippen LogP contribution in [0.15, 0.2) is 59.0 Å². The predicted molar refractivity (Wildman–Crippen MR) is 105 cm³/mol. The molecule has 1 aromatic heterocycles. The number of carbonyl (C=O) groups excluding carboxylic acids is 2. The van der Waals surface area contributed by atoms with Crippen molar-refractivity contribution < 1.29 is 23.5 Å². The number of hydrogen-bond acceptors (Lipinski definition) is 5. The molecular formula is C22H20N2O5. The molecule has 5 rings (SSSR count). The van der Waals surface area contributed by atoms with Crippen molar-refractivity contribution in [3.63, 3.8) is 0 Å². The molecule has 2 amide bonds. The fourth-order valence-corrected chi connectivity index (χ4v) is 4.11. The Kier molecular flexibility index (Phi) is 4.16. The molecule has 0 aliphatic carbocycles. The first-order valence-corrected chi connectivity index (χ1v) is 9.51. The zero-order chi connectivity index (χ0) is 20.0. The summed E-state index contributed by atoms with van der Waals surface area (Å²) in [6, 6.07) is 16.7. The molecule has 3 heterocycles. The number of amides is 2. The third-order valence-electron chi connectivity index (χ3n) is 5.58. The SMILES string of the molecule is COc1ccccc1CN1C(=O)O[C@@H]2CN(C(=O)c3cc4ccccc4o3)C[C@@H]21. The average Bonchev–Trinajstić information content (AvgIpc) is 3.42. The summed E-state index contributed by atoms with van der Waals surface area (Å²) in [5.41, 5.74) is 1.58. The molecule has 2 aliphatic rings. The van der Waals surface area contributed by atoms with Gasteiger partial charge in [-0.2, -0.15) is 0 Å². The van der Waals surface area contributed by atoms with E-state index in [-0.39, 0.29) is 24.1 Å². The zero-order valence-corrected chi connectivity index (χ0v) is 15.9. The molecule has 29 heavy (non-hydrogen) atoms. The van der Waals surface area contributed by atoms with Crippen molar-refractivity contribution >= 4 is 23.0 Å². The minimum Gasteiger partial charge on any atom is -0.496 e. The standard InChI is InChI=1S/C22H20N2O5/c1-27-17-8-4-3-7-15(17)11-24-16-12-23(13-20(16)29-22(24)26)21(25)19-10-14-6-2-5-9-18(14)28-19/h2-10,16,20H,11-13H2,1H3/t16-,20+/m0/s1. The van der Waals surface area contributed by atoms with Gasteiger partial charge in [0.2, 0.25) is 0 Å². The highest BCUT2D eigenvalue weighted by atomic mass is 16.6. The lowest BCUT2D eigenvalue weighted by Crippen LogP contribution is -2.38. The summed E-state index contributed by atoms with van der Waals surface area (Å²) in [6.07, 6.45) is -0.702. The van der Waals surface area contributed by atoms with E-state index in [2.05, 4.69) is 0 Å². The van der Waals surface area contributed by atoms with Crippen LogP contribution in [0.25, 0.3) is 11.0 Å². The number of para-hydroxylation sites is 2. The maximum Gasteiger partial charge on any atom is 0.410 e. The molecule has 0 N–H and O–H groups in total.